The quantitative estimate of drug-likeness (QED) is 0.767. The van der Waals surface area contributed by atoms with Crippen molar-refractivity contribution in [1.29, 1.82) is 0 Å². The van der Waals surface area contributed by atoms with E-state index in [1.165, 1.54) is 25.7 Å². The molecule has 2 amide bonds. The van der Waals surface area contributed by atoms with E-state index in [-0.39, 0.29) is 17.7 Å². The molecule has 1 aliphatic carbocycles. The van der Waals surface area contributed by atoms with Crippen LogP contribution in [0.25, 0.3) is 0 Å². The van der Waals surface area contributed by atoms with Gasteiger partial charge in [0.15, 0.2) is 0 Å². The van der Waals surface area contributed by atoms with Gasteiger partial charge in [0.05, 0.1) is 0 Å². The normalized spacial score (nSPS) is 33.6. The summed E-state index contributed by atoms with van der Waals surface area (Å²) in [6, 6.07) is 0. The second-order valence-corrected chi connectivity index (χ2v) is 7.13. The summed E-state index contributed by atoms with van der Waals surface area (Å²) >= 11 is 0. The first-order valence-corrected chi connectivity index (χ1v) is 7.20. The van der Waals surface area contributed by atoms with Crippen LogP contribution in [0.15, 0.2) is 0 Å². The van der Waals surface area contributed by atoms with E-state index in [2.05, 4.69) is 26.1 Å². The van der Waals surface area contributed by atoms with Crippen molar-refractivity contribution in [3.05, 3.63) is 0 Å². The summed E-state index contributed by atoms with van der Waals surface area (Å²) in [5, 5.41) is 2.41. The highest BCUT2D eigenvalue weighted by molar-refractivity contribution is 6.03. The van der Waals surface area contributed by atoms with Gasteiger partial charge in [-0.05, 0) is 36.5 Å². The van der Waals surface area contributed by atoms with E-state index in [0.29, 0.717) is 17.8 Å². The Morgan fingerprint density at radius 2 is 1.72 bits per heavy atom. The first-order valence-electron chi connectivity index (χ1n) is 7.20. The number of hydrogen-bond donors (Lipinski definition) is 1. The van der Waals surface area contributed by atoms with Crippen LogP contribution in [0.1, 0.15) is 59.3 Å². The Morgan fingerprint density at radius 1 is 1.11 bits per heavy atom. The largest absolute Gasteiger partial charge is 0.296 e. The Kier molecular flexibility index (Phi) is 3.79. The maximum absolute atomic E-state index is 11.6. The fourth-order valence-electron chi connectivity index (χ4n) is 3.46. The van der Waals surface area contributed by atoms with Crippen molar-refractivity contribution in [3.8, 4) is 0 Å². The van der Waals surface area contributed by atoms with Crippen LogP contribution in [0.4, 0.5) is 0 Å². The van der Waals surface area contributed by atoms with E-state index in [9.17, 15) is 9.59 Å². The second-order valence-electron chi connectivity index (χ2n) is 7.13. The standard InChI is InChI=1S/C15H25NO2/c1-15(2,3)12-6-4-10(5-7-12)8-11-9-13(17)16-14(11)18/h10-12H,4-9H2,1-3H3,(H,16,17,18). The Hall–Kier alpha value is -0.860. The lowest BCUT2D eigenvalue weighted by molar-refractivity contribution is -0.126. The molecule has 1 atom stereocenters. The van der Waals surface area contributed by atoms with Gasteiger partial charge in [-0.3, -0.25) is 14.9 Å². The van der Waals surface area contributed by atoms with Gasteiger partial charge < -0.3 is 0 Å². The van der Waals surface area contributed by atoms with Crippen LogP contribution in [0.5, 0.6) is 0 Å². The molecule has 2 aliphatic rings. The molecule has 1 unspecified atom stereocenters. The minimum Gasteiger partial charge on any atom is -0.296 e. The summed E-state index contributed by atoms with van der Waals surface area (Å²) in [6.07, 6.45) is 6.32. The van der Waals surface area contributed by atoms with Crippen molar-refractivity contribution in [2.45, 2.75) is 59.3 Å². The molecule has 1 heterocycles. The second kappa shape index (κ2) is 5.02. The summed E-state index contributed by atoms with van der Waals surface area (Å²) in [4.78, 5) is 22.7. The van der Waals surface area contributed by atoms with Crippen LogP contribution in [-0.2, 0) is 9.59 Å². The highest BCUT2D eigenvalue weighted by Crippen LogP contribution is 2.41. The SMILES string of the molecule is CC(C)(C)C1CCC(CC2CC(=O)NC2=O)CC1. The third-order valence-corrected chi connectivity index (χ3v) is 4.75. The van der Waals surface area contributed by atoms with Crippen LogP contribution in [0.3, 0.4) is 0 Å². The van der Waals surface area contributed by atoms with E-state index in [0.717, 1.165) is 12.3 Å². The molecule has 0 aromatic rings. The van der Waals surface area contributed by atoms with Gasteiger partial charge in [0.1, 0.15) is 0 Å². The lowest BCUT2D eigenvalue weighted by Gasteiger charge is -2.37. The summed E-state index contributed by atoms with van der Waals surface area (Å²) in [5.74, 6) is 1.28. The average molecular weight is 251 g/mol. The highest BCUT2D eigenvalue weighted by atomic mass is 16.2. The van der Waals surface area contributed by atoms with E-state index in [4.69, 9.17) is 0 Å². The summed E-state index contributed by atoms with van der Waals surface area (Å²) in [6.45, 7) is 6.96. The molecule has 0 aromatic carbocycles. The number of rotatable bonds is 2. The molecule has 0 spiro atoms. The molecule has 102 valence electrons. The van der Waals surface area contributed by atoms with Gasteiger partial charge in [0, 0.05) is 12.3 Å². The molecule has 3 nitrogen and oxygen atoms in total. The molecule has 0 bridgehead atoms. The summed E-state index contributed by atoms with van der Waals surface area (Å²) < 4.78 is 0. The van der Waals surface area contributed by atoms with Crippen LogP contribution in [0.2, 0.25) is 0 Å². The van der Waals surface area contributed by atoms with Crippen LogP contribution in [-0.4, -0.2) is 11.8 Å². The van der Waals surface area contributed by atoms with Gasteiger partial charge in [-0.15, -0.1) is 0 Å². The highest BCUT2D eigenvalue weighted by Gasteiger charge is 2.35. The first-order chi connectivity index (χ1) is 8.36. The Bertz CT molecular complexity index is 335. The van der Waals surface area contributed by atoms with E-state index in [1.807, 2.05) is 0 Å². The van der Waals surface area contributed by atoms with Gasteiger partial charge in [-0.1, -0.05) is 33.6 Å². The Balaban J connectivity index is 1.80. The average Bonchev–Trinajstić information content (AvgIpc) is 2.57. The monoisotopic (exact) mass is 251 g/mol. The topological polar surface area (TPSA) is 46.2 Å². The zero-order valence-corrected chi connectivity index (χ0v) is 11.8. The maximum atomic E-state index is 11.6. The van der Waals surface area contributed by atoms with E-state index < -0.39 is 0 Å². The van der Waals surface area contributed by atoms with Gasteiger partial charge >= 0.3 is 0 Å². The first kappa shape index (κ1) is 13.6. The van der Waals surface area contributed by atoms with Gasteiger partial charge in [-0.2, -0.15) is 0 Å². The molecular formula is C15H25NO2. The molecule has 2 rings (SSSR count). The van der Waals surface area contributed by atoms with Crippen molar-refractivity contribution in [2.24, 2.45) is 23.2 Å². The molecule has 2 fully saturated rings. The smallest absolute Gasteiger partial charge is 0.230 e. The van der Waals surface area contributed by atoms with Gasteiger partial charge in [-0.25, -0.2) is 0 Å². The lowest BCUT2D eigenvalue weighted by atomic mass is 9.68. The Labute approximate surface area is 110 Å². The van der Waals surface area contributed by atoms with Gasteiger partial charge in [0.25, 0.3) is 0 Å². The number of hydrogen-bond acceptors (Lipinski definition) is 2. The predicted molar refractivity (Wildman–Crippen MR) is 70.8 cm³/mol. The molecule has 1 N–H and O–H groups in total. The summed E-state index contributed by atoms with van der Waals surface area (Å²) in [5.41, 5.74) is 0.408. The van der Waals surface area contributed by atoms with Crippen molar-refractivity contribution < 1.29 is 9.59 Å². The van der Waals surface area contributed by atoms with E-state index in [1.54, 1.807) is 0 Å². The lowest BCUT2D eigenvalue weighted by Crippen LogP contribution is -2.28. The summed E-state index contributed by atoms with van der Waals surface area (Å²) in [7, 11) is 0. The van der Waals surface area contributed by atoms with Crippen LogP contribution >= 0.6 is 0 Å². The third kappa shape index (κ3) is 3.12. The van der Waals surface area contributed by atoms with Crippen molar-refractivity contribution in [3.63, 3.8) is 0 Å². The zero-order chi connectivity index (χ0) is 13.3. The fraction of sp³-hybridized carbons (Fsp3) is 0.867. The van der Waals surface area contributed by atoms with Gasteiger partial charge in [0.2, 0.25) is 11.8 Å². The van der Waals surface area contributed by atoms with Crippen LogP contribution in [0, 0.1) is 23.2 Å². The van der Waals surface area contributed by atoms with Crippen molar-refractivity contribution >= 4 is 11.8 Å². The number of amides is 2. The number of carbonyl (C=O) groups excluding carboxylic acids is 2. The van der Waals surface area contributed by atoms with Crippen molar-refractivity contribution in [2.75, 3.05) is 0 Å². The van der Waals surface area contributed by atoms with Crippen LogP contribution < -0.4 is 5.32 Å². The molecule has 3 heteroatoms. The van der Waals surface area contributed by atoms with E-state index >= 15 is 0 Å². The minimum atomic E-state index is -0.0895. The molecule has 0 aromatic heterocycles. The molecule has 1 aliphatic heterocycles. The molecule has 1 saturated carbocycles. The molecular weight excluding hydrogens is 226 g/mol. The Morgan fingerprint density at radius 3 is 2.17 bits per heavy atom. The zero-order valence-electron chi connectivity index (χ0n) is 11.8. The predicted octanol–water partition coefficient (Wildman–Crippen LogP) is 2.89. The molecule has 0 radical (unpaired) electrons. The molecule has 18 heavy (non-hydrogen) atoms. The minimum absolute atomic E-state index is 0.0436. The van der Waals surface area contributed by atoms with Crippen molar-refractivity contribution in [1.82, 2.24) is 5.32 Å². The maximum Gasteiger partial charge on any atom is 0.230 e. The number of nitrogens with one attached hydrogen (secondary N) is 1. The number of carbonyl (C=O) groups is 2. The third-order valence-electron chi connectivity index (χ3n) is 4.75. The number of imide groups is 1. The molecule has 1 saturated heterocycles. The fourth-order valence-corrected chi connectivity index (χ4v) is 3.46.